The number of methoxy groups -OCH3 is 1. The van der Waals surface area contributed by atoms with E-state index in [0.29, 0.717) is 11.6 Å². The van der Waals surface area contributed by atoms with Crippen LogP contribution in [0.5, 0.6) is 5.75 Å². The molecule has 2 heterocycles. The molecule has 0 saturated heterocycles. The van der Waals surface area contributed by atoms with Crippen molar-refractivity contribution in [2.45, 2.75) is 11.5 Å². The van der Waals surface area contributed by atoms with Crippen molar-refractivity contribution < 1.29 is 13.5 Å². The van der Waals surface area contributed by atoms with Crippen LogP contribution in [-0.4, -0.2) is 42.8 Å². The maximum Gasteiger partial charge on any atom is 0.284 e. The molecule has 27 heavy (non-hydrogen) atoms. The molecule has 4 rings (SSSR count). The third kappa shape index (κ3) is 2.88. The number of rotatable bonds is 3. The Morgan fingerprint density at radius 1 is 1.15 bits per heavy atom. The van der Waals surface area contributed by atoms with Crippen LogP contribution < -0.4 is 10.5 Å². The minimum atomic E-state index is -2.95. The maximum absolute atomic E-state index is 14.0. The minimum Gasteiger partial charge on any atom is -0.497 e. The lowest BCUT2D eigenvalue weighted by atomic mass is 9.82. The number of fused-ring (bicyclic) bond motifs is 1. The summed E-state index contributed by atoms with van der Waals surface area (Å²) in [4.78, 5) is 10.2. The molecule has 5 nitrogen and oxygen atoms in total. The van der Waals surface area contributed by atoms with E-state index in [-0.39, 0.29) is 5.96 Å². The number of alkyl halides is 2. The van der Waals surface area contributed by atoms with Crippen molar-refractivity contribution in [3.05, 3.63) is 64.1 Å². The van der Waals surface area contributed by atoms with Gasteiger partial charge in [-0.15, -0.1) is 0 Å². The first-order valence-corrected chi connectivity index (χ1v) is 9.11. The van der Waals surface area contributed by atoms with Crippen molar-refractivity contribution in [1.82, 2.24) is 4.90 Å². The molecule has 0 saturated carbocycles. The zero-order valence-electron chi connectivity index (χ0n) is 14.5. The largest absolute Gasteiger partial charge is 0.497 e. The van der Waals surface area contributed by atoms with Crippen LogP contribution in [0.3, 0.4) is 0 Å². The van der Waals surface area contributed by atoms with Crippen LogP contribution in [-0.2, 0) is 5.54 Å². The van der Waals surface area contributed by atoms with Crippen molar-refractivity contribution in [3.8, 4) is 5.75 Å². The van der Waals surface area contributed by atoms with Crippen LogP contribution in [0.15, 0.2) is 63.0 Å². The van der Waals surface area contributed by atoms with Crippen molar-refractivity contribution in [2.75, 3.05) is 20.2 Å². The second kappa shape index (κ2) is 6.30. The van der Waals surface area contributed by atoms with Gasteiger partial charge in [0.05, 0.1) is 13.7 Å². The highest BCUT2D eigenvalue weighted by Gasteiger charge is 2.53. The molecule has 1 unspecified atom stereocenters. The molecule has 0 spiro atoms. The fourth-order valence-corrected chi connectivity index (χ4v) is 3.91. The molecule has 2 aliphatic heterocycles. The summed E-state index contributed by atoms with van der Waals surface area (Å²) in [6.07, 6.45) is 0. The molecule has 0 bridgehead atoms. The standard InChI is InChI=1S/C19H17BrF2N4O/c1-27-15-7-5-12(6-8-15)19(13-3-2-4-14(20)9-13)16-24-10-18(21,22)11-26(16)17(23)25-19/h2-9H,10-11H2,1H3,(H2,23,25). The van der Waals surface area contributed by atoms with E-state index in [1.165, 1.54) is 4.90 Å². The average molecular weight is 435 g/mol. The molecule has 2 aromatic rings. The van der Waals surface area contributed by atoms with Crippen LogP contribution in [0.25, 0.3) is 0 Å². The second-order valence-electron chi connectivity index (χ2n) is 6.50. The minimum absolute atomic E-state index is 0.0314. The van der Waals surface area contributed by atoms with Gasteiger partial charge >= 0.3 is 0 Å². The van der Waals surface area contributed by atoms with Gasteiger partial charge in [-0.2, -0.15) is 0 Å². The Morgan fingerprint density at radius 2 is 1.89 bits per heavy atom. The van der Waals surface area contributed by atoms with E-state index in [9.17, 15) is 8.78 Å². The predicted octanol–water partition coefficient (Wildman–Crippen LogP) is 3.38. The fourth-order valence-electron chi connectivity index (χ4n) is 3.51. The van der Waals surface area contributed by atoms with E-state index >= 15 is 0 Å². The maximum atomic E-state index is 14.0. The average Bonchev–Trinajstić information content (AvgIpc) is 2.94. The Kier molecular flexibility index (Phi) is 4.18. The van der Waals surface area contributed by atoms with Gasteiger partial charge in [0, 0.05) is 4.47 Å². The van der Waals surface area contributed by atoms with E-state index in [0.717, 1.165) is 15.6 Å². The third-order valence-electron chi connectivity index (χ3n) is 4.74. The molecule has 2 aliphatic rings. The number of aliphatic imine (C=N–C) groups is 2. The topological polar surface area (TPSA) is 63.2 Å². The van der Waals surface area contributed by atoms with Crippen LogP contribution in [0, 0.1) is 0 Å². The van der Waals surface area contributed by atoms with E-state index in [2.05, 4.69) is 25.9 Å². The number of amidine groups is 1. The van der Waals surface area contributed by atoms with Crippen LogP contribution >= 0.6 is 15.9 Å². The number of nitrogens with two attached hydrogens (primary N) is 1. The summed E-state index contributed by atoms with van der Waals surface area (Å²) in [5.74, 6) is -1.82. The van der Waals surface area contributed by atoms with Crippen LogP contribution in [0.1, 0.15) is 11.1 Å². The number of ether oxygens (including phenoxy) is 1. The molecule has 0 aliphatic carbocycles. The zero-order chi connectivity index (χ0) is 19.2. The number of halogens is 3. The van der Waals surface area contributed by atoms with Gasteiger partial charge < -0.3 is 10.5 Å². The van der Waals surface area contributed by atoms with Crippen molar-refractivity contribution >= 4 is 27.7 Å². The summed E-state index contributed by atoms with van der Waals surface area (Å²) in [7, 11) is 1.58. The number of nitrogens with zero attached hydrogens (tertiary/aromatic N) is 3. The van der Waals surface area contributed by atoms with E-state index in [1.807, 2.05) is 36.4 Å². The summed E-state index contributed by atoms with van der Waals surface area (Å²) in [6, 6.07) is 14.9. The molecular formula is C19H17BrF2N4O. The number of guanidine groups is 1. The van der Waals surface area contributed by atoms with E-state index < -0.39 is 24.6 Å². The summed E-state index contributed by atoms with van der Waals surface area (Å²) in [6.45, 7) is -1.12. The fraction of sp³-hybridized carbons (Fsp3) is 0.263. The first-order valence-electron chi connectivity index (χ1n) is 8.32. The summed E-state index contributed by atoms with van der Waals surface area (Å²) < 4.78 is 34.0. The molecule has 8 heteroatoms. The van der Waals surface area contributed by atoms with Crippen LogP contribution in [0.4, 0.5) is 8.78 Å². The summed E-state index contributed by atoms with van der Waals surface area (Å²) in [5.41, 5.74) is 6.56. The Labute approximate surface area is 163 Å². The van der Waals surface area contributed by atoms with Gasteiger partial charge in [-0.05, 0) is 35.4 Å². The lowest BCUT2D eigenvalue weighted by molar-refractivity contribution is -0.00437. The molecule has 0 aromatic heterocycles. The first-order chi connectivity index (χ1) is 12.9. The highest BCUT2D eigenvalue weighted by molar-refractivity contribution is 9.10. The molecule has 0 amide bonds. The van der Waals surface area contributed by atoms with Gasteiger partial charge in [0.2, 0.25) is 0 Å². The van der Waals surface area contributed by atoms with Gasteiger partial charge in [-0.3, -0.25) is 9.89 Å². The normalized spacial score (nSPS) is 23.5. The highest BCUT2D eigenvalue weighted by atomic mass is 79.9. The second-order valence-corrected chi connectivity index (χ2v) is 7.42. The Balaban J connectivity index is 1.96. The molecule has 1 atom stereocenters. The number of hydrogen-bond donors (Lipinski definition) is 1. The molecule has 2 N–H and O–H groups in total. The van der Waals surface area contributed by atoms with Gasteiger partial charge in [0.15, 0.2) is 11.5 Å². The lowest BCUT2D eigenvalue weighted by Gasteiger charge is -2.35. The van der Waals surface area contributed by atoms with Crippen molar-refractivity contribution in [3.63, 3.8) is 0 Å². The molecule has 140 valence electrons. The SMILES string of the molecule is COc1ccc(C2(c3cccc(Br)c3)N=C(N)N3CC(F)(F)CN=C32)cc1. The van der Waals surface area contributed by atoms with Crippen LogP contribution in [0.2, 0.25) is 0 Å². The quantitative estimate of drug-likeness (QED) is 0.805. The highest BCUT2D eigenvalue weighted by Crippen LogP contribution is 2.43. The molecular weight excluding hydrogens is 418 g/mol. The molecule has 0 radical (unpaired) electrons. The predicted molar refractivity (Wildman–Crippen MR) is 103 cm³/mol. The lowest BCUT2D eigenvalue weighted by Crippen LogP contribution is -2.53. The Bertz CT molecular complexity index is 945. The monoisotopic (exact) mass is 434 g/mol. The van der Waals surface area contributed by atoms with Gasteiger partial charge in [-0.25, -0.2) is 13.8 Å². The smallest absolute Gasteiger partial charge is 0.284 e. The third-order valence-corrected chi connectivity index (χ3v) is 5.23. The Morgan fingerprint density at radius 3 is 2.56 bits per heavy atom. The molecule has 2 aromatic carbocycles. The number of hydrogen-bond acceptors (Lipinski definition) is 5. The Hall–Kier alpha value is -2.48. The van der Waals surface area contributed by atoms with E-state index in [4.69, 9.17) is 10.5 Å². The number of benzene rings is 2. The van der Waals surface area contributed by atoms with Gasteiger partial charge in [0.1, 0.15) is 18.1 Å². The van der Waals surface area contributed by atoms with E-state index in [1.54, 1.807) is 19.2 Å². The van der Waals surface area contributed by atoms with Gasteiger partial charge in [-0.1, -0.05) is 40.2 Å². The summed E-state index contributed by atoms with van der Waals surface area (Å²) in [5, 5.41) is 0. The molecule has 0 fully saturated rings. The van der Waals surface area contributed by atoms with Crippen molar-refractivity contribution in [1.29, 1.82) is 0 Å². The van der Waals surface area contributed by atoms with Gasteiger partial charge in [0.25, 0.3) is 5.92 Å². The first kappa shape index (κ1) is 17.9. The summed E-state index contributed by atoms with van der Waals surface area (Å²) >= 11 is 3.48. The zero-order valence-corrected chi connectivity index (χ0v) is 16.1. The van der Waals surface area contributed by atoms with Crippen molar-refractivity contribution in [2.24, 2.45) is 15.7 Å².